The van der Waals surface area contributed by atoms with Crippen LogP contribution in [0.2, 0.25) is 0 Å². The second-order valence-electron chi connectivity index (χ2n) is 6.07. The Morgan fingerprint density at radius 3 is 2.89 bits per heavy atom. The highest BCUT2D eigenvalue weighted by molar-refractivity contribution is 4.92. The van der Waals surface area contributed by atoms with Crippen LogP contribution in [0.15, 0.2) is 6.33 Å². The number of likely N-dealkylation sites (tertiary alicyclic amines) is 1. The minimum Gasteiger partial charge on any atom is -0.396 e. The second kappa shape index (κ2) is 6.01. The first kappa shape index (κ1) is 14.5. The Labute approximate surface area is 115 Å². The summed E-state index contributed by atoms with van der Waals surface area (Å²) in [4.78, 5) is 2.41. The van der Waals surface area contributed by atoms with Crippen LogP contribution in [0, 0.1) is 5.41 Å². The molecule has 5 nitrogen and oxygen atoms in total. The van der Waals surface area contributed by atoms with Crippen molar-refractivity contribution in [2.24, 2.45) is 5.41 Å². The van der Waals surface area contributed by atoms with Gasteiger partial charge in [-0.1, -0.05) is 6.92 Å². The quantitative estimate of drug-likeness (QED) is 0.883. The van der Waals surface area contributed by atoms with Crippen LogP contribution in [-0.4, -0.2) is 44.5 Å². The summed E-state index contributed by atoms with van der Waals surface area (Å²) < 4.78 is 2.13. The molecule has 0 aromatic carbocycles. The SMILES string of the molecule is CCC1(CO)CCCN(Cc2nncn2C(C)C)C1. The molecule has 1 atom stereocenters. The lowest BCUT2D eigenvalue weighted by molar-refractivity contribution is 0.0242. The van der Waals surface area contributed by atoms with Crippen LogP contribution in [0.1, 0.15) is 51.9 Å². The normalized spacial score (nSPS) is 25.1. The fraction of sp³-hybridized carbons (Fsp3) is 0.857. The highest BCUT2D eigenvalue weighted by atomic mass is 16.3. The van der Waals surface area contributed by atoms with E-state index < -0.39 is 0 Å². The van der Waals surface area contributed by atoms with Crippen LogP contribution in [0.4, 0.5) is 0 Å². The van der Waals surface area contributed by atoms with Gasteiger partial charge in [0, 0.05) is 24.6 Å². The number of aliphatic hydroxyl groups excluding tert-OH is 1. The summed E-state index contributed by atoms with van der Waals surface area (Å²) in [6.45, 7) is 9.64. The van der Waals surface area contributed by atoms with Gasteiger partial charge < -0.3 is 9.67 Å². The van der Waals surface area contributed by atoms with Gasteiger partial charge in [-0.25, -0.2) is 0 Å². The number of hydrogen-bond acceptors (Lipinski definition) is 4. The highest BCUT2D eigenvalue weighted by Gasteiger charge is 2.33. The molecule has 1 saturated heterocycles. The molecule has 2 heterocycles. The minimum absolute atomic E-state index is 0.0843. The molecule has 1 aliphatic heterocycles. The monoisotopic (exact) mass is 266 g/mol. The molecule has 5 heteroatoms. The molecule has 2 rings (SSSR count). The van der Waals surface area contributed by atoms with E-state index in [1.807, 2.05) is 6.33 Å². The number of nitrogens with zero attached hydrogens (tertiary/aromatic N) is 4. The van der Waals surface area contributed by atoms with Crippen molar-refractivity contribution in [3.05, 3.63) is 12.2 Å². The van der Waals surface area contributed by atoms with Crippen molar-refractivity contribution in [1.29, 1.82) is 0 Å². The number of piperidine rings is 1. The molecule has 0 saturated carbocycles. The largest absolute Gasteiger partial charge is 0.396 e. The third-order valence-electron chi connectivity index (χ3n) is 4.39. The summed E-state index contributed by atoms with van der Waals surface area (Å²) in [5.41, 5.74) is 0.0843. The van der Waals surface area contributed by atoms with E-state index in [1.54, 1.807) is 0 Å². The molecule has 1 N–H and O–H groups in total. The van der Waals surface area contributed by atoms with Crippen LogP contribution in [0.25, 0.3) is 0 Å². The third-order valence-corrected chi connectivity index (χ3v) is 4.39. The Morgan fingerprint density at radius 1 is 1.47 bits per heavy atom. The van der Waals surface area contributed by atoms with E-state index in [0.29, 0.717) is 6.04 Å². The molecule has 0 aliphatic carbocycles. The zero-order valence-corrected chi connectivity index (χ0v) is 12.3. The Kier molecular flexibility index (Phi) is 4.58. The molecule has 1 aromatic heterocycles. The van der Waals surface area contributed by atoms with E-state index in [-0.39, 0.29) is 12.0 Å². The van der Waals surface area contributed by atoms with Crippen molar-refractivity contribution in [2.45, 2.75) is 52.6 Å². The average Bonchev–Trinajstić information content (AvgIpc) is 2.87. The van der Waals surface area contributed by atoms with Gasteiger partial charge in [0.25, 0.3) is 0 Å². The predicted molar refractivity (Wildman–Crippen MR) is 74.7 cm³/mol. The molecule has 0 bridgehead atoms. The summed E-state index contributed by atoms with van der Waals surface area (Å²) in [5.74, 6) is 1.03. The maximum atomic E-state index is 9.67. The van der Waals surface area contributed by atoms with E-state index in [1.165, 1.54) is 0 Å². The van der Waals surface area contributed by atoms with Crippen molar-refractivity contribution >= 4 is 0 Å². The van der Waals surface area contributed by atoms with Gasteiger partial charge >= 0.3 is 0 Å². The summed E-state index contributed by atoms with van der Waals surface area (Å²) in [7, 11) is 0. The lowest BCUT2D eigenvalue weighted by atomic mass is 9.78. The second-order valence-corrected chi connectivity index (χ2v) is 6.07. The van der Waals surface area contributed by atoms with E-state index in [9.17, 15) is 5.11 Å². The van der Waals surface area contributed by atoms with Gasteiger partial charge in [0.05, 0.1) is 6.54 Å². The van der Waals surface area contributed by atoms with Crippen molar-refractivity contribution in [3.63, 3.8) is 0 Å². The first-order valence-corrected chi connectivity index (χ1v) is 7.32. The Hall–Kier alpha value is -0.940. The molecule has 0 amide bonds. The molecule has 1 aromatic rings. The first-order chi connectivity index (χ1) is 9.10. The van der Waals surface area contributed by atoms with Crippen LogP contribution in [-0.2, 0) is 6.54 Å². The topological polar surface area (TPSA) is 54.2 Å². The smallest absolute Gasteiger partial charge is 0.147 e. The fourth-order valence-corrected chi connectivity index (χ4v) is 2.99. The van der Waals surface area contributed by atoms with Gasteiger partial charge in [0.15, 0.2) is 0 Å². The van der Waals surface area contributed by atoms with E-state index in [0.717, 1.165) is 44.7 Å². The molecular weight excluding hydrogens is 240 g/mol. The van der Waals surface area contributed by atoms with Crippen LogP contribution >= 0.6 is 0 Å². The average molecular weight is 266 g/mol. The van der Waals surface area contributed by atoms with E-state index in [4.69, 9.17) is 0 Å². The number of aromatic nitrogens is 3. The third kappa shape index (κ3) is 3.15. The van der Waals surface area contributed by atoms with Crippen molar-refractivity contribution in [2.75, 3.05) is 19.7 Å². The van der Waals surface area contributed by atoms with Crippen LogP contribution in [0.5, 0.6) is 0 Å². The zero-order valence-electron chi connectivity index (χ0n) is 12.3. The molecule has 1 fully saturated rings. The Morgan fingerprint density at radius 2 is 2.26 bits per heavy atom. The fourth-order valence-electron chi connectivity index (χ4n) is 2.99. The van der Waals surface area contributed by atoms with Gasteiger partial charge in [-0.3, -0.25) is 4.90 Å². The molecule has 0 spiro atoms. The van der Waals surface area contributed by atoms with Gasteiger partial charge in [0.2, 0.25) is 0 Å². The number of hydrogen-bond donors (Lipinski definition) is 1. The molecule has 19 heavy (non-hydrogen) atoms. The van der Waals surface area contributed by atoms with Gasteiger partial charge in [-0.15, -0.1) is 10.2 Å². The summed E-state index contributed by atoms with van der Waals surface area (Å²) in [6.07, 6.45) is 5.14. The molecule has 0 radical (unpaired) electrons. The Bertz CT molecular complexity index is 398. The van der Waals surface area contributed by atoms with Crippen molar-refractivity contribution in [3.8, 4) is 0 Å². The number of rotatable bonds is 5. The maximum absolute atomic E-state index is 9.67. The lowest BCUT2D eigenvalue weighted by Gasteiger charge is -2.41. The van der Waals surface area contributed by atoms with Crippen molar-refractivity contribution < 1.29 is 5.11 Å². The van der Waals surface area contributed by atoms with E-state index in [2.05, 4.69) is 40.4 Å². The minimum atomic E-state index is 0.0843. The maximum Gasteiger partial charge on any atom is 0.147 e. The zero-order chi connectivity index (χ0) is 13.9. The van der Waals surface area contributed by atoms with E-state index >= 15 is 0 Å². The standard InChI is InChI=1S/C14H26N4O/c1-4-14(10-19)6-5-7-17(9-14)8-13-16-15-11-18(13)12(2)3/h11-12,19H,4-10H2,1-3H3. The van der Waals surface area contributed by atoms with Crippen LogP contribution < -0.4 is 0 Å². The number of aliphatic hydroxyl groups is 1. The lowest BCUT2D eigenvalue weighted by Crippen LogP contribution is -2.45. The summed E-state index contributed by atoms with van der Waals surface area (Å²) in [6, 6.07) is 0.392. The van der Waals surface area contributed by atoms with Gasteiger partial charge in [-0.05, 0) is 39.7 Å². The molecule has 1 aliphatic rings. The van der Waals surface area contributed by atoms with Gasteiger partial charge in [-0.2, -0.15) is 0 Å². The highest BCUT2D eigenvalue weighted by Crippen LogP contribution is 2.33. The van der Waals surface area contributed by atoms with Crippen molar-refractivity contribution in [1.82, 2.24) is 19.7 Å². The summed E-state index contributed by atoms with van der Waals surface area (Å²) in [5, 5.41) is 17.9. The summed E-state index contributed by atoms with van der Waals surface area (Å²) >= 11 is 0. The molecule has 1 unspecified atom stereocenters. The first-order valence-electron chi connectivity index (χ1n) is 7.32. The Balaban J connectivity index is 2.04. The van der Waals surface area contributed by atoms with Crippen LogP contribution in [0.3, 0.4) is 0 Å². The predicted octanol–water partition coefficient (Wildman–Crippen LogP) is 1.84. The van der Waals surface area contributed by atoms with Gasteiger partial charge in [0.1, 0.15) is 12.2 Å². The molecular formula is C14H26N4O. The molecule has 108 valence electrons.